The molecule has 6 heteroatoms. The molecule has 3 nitrogen and oxygen atoms in total. The minimum absolute atomic E-state index is 3.42. The maximum atomic E-state index is 9.77. The van der Waals surface area contributed by atoms with Gasteiger partial charge in [0.1, 0.15) is 0 Å². The summed E-state index contributed by atoms with van der Waals surface area (Å²) in [7, 11) is 0. The molecule has 0 aliphatic rings. The maximum Gasteiger partial charge on any atom is 0.396 e. The van der Waals surface area contributed by atoms with Gasteiger partial charge in [-0.15, -0.1) is 0 Å². The third-order valence-electron chi connectivity index (χ3n) is 0.123. The fraction of sp³-hybridized carbons (Fsp3) is 0. The van der Waals surface area contributed by atoms with Gasteiger partial charge in [-0.3, -0.25) is 4.57 Å². The third-order valence-corrected chi connectivity index (χ3v) is 0.846. The largest absolute Gasteiger partial charge is 0.396 e. The molecular formula is H2Cl2NO2P. The van der Waals surface area contributed by atoms with Gasteiger partial charge in [0.05, 0.1) is 0 Å². The highest BCUT2D eigenvalue weighted by Gasteiger charge is 2.09. The Labute approximate surface area is 44.3 Å². The van der Waals surface area contributed by atoms with Crippen LogP contribution in [-0.2, 0) is 9.19 Å². The zero-order valence-corrected chi connectivity index (χ0v) is 5.00. The molecule has 6 heavy (non-hydrogen) atoms. The van der Waals surface area contributed by atoms with Crippen molar-refractivity contribution in [3.63, 3.8) is 0 Å². The highest BCUT2D eigenvalue weighted by Crippen LogP contribution is 2.55. The van der Waals surface area contributed by atoms with Crippen LogP contribution in [0.5, 0.6) is 0 Å². The predicted octanol–water partition coefficient (Wildman–Crippen LogP) is 1.46. The maximum absolute atomic E-state index is 9.77. The van der Waals surface area contributed by atoms with Crippen LogP contribution >= 0.6 is 28.6 Å². The molecule has 0 rings (SSSR count). The van der Waals surface area contributed by atoms with Crippen molar-refractivity contribution in [2.24, 2.45) is 5.90 Å². The van der Waals surface area contributed by atoms with Crippen LogP contribution in [0.25, 0.3) is 0 Å². The molecule has 0 unspecified atom stereocenters. The summed E-state index contributed by atoms with van der Waals surface area (Å²) in [6.45, 7) is 0. The fourth-order valence-electron chi connectivity index (χ4n) is 0. The Bertz CT molecular complexity index is 75.6. The number of rotatable bonds is 1. The highest BCUT2D eigenvalue weighted by atomic mass is 35.9. The second-order valence-electron chi connectivity index (χ2n) is 0.520. The average molecular weight is 150 g/mol. The summed E-state index contributed by atoms with van der Waals surface area (Å²) < 4.78 is 13.3. The minimum atomic E-state index is -3.42. The highest BCUT2D eigenvalue weighted by molar-refractivity contribution is 8.05. The molecule has 0 amide bonds. The fourth-order valence-corrected chi connectivity index (χ4v) is 0. The molecule has 2 N–H and O–H groups in total. The number of nitrogens with two attached hydrogens (primary N) is 1. The molecule has 38 valence electrons. The zero-order chi connectivity index (χ0) is 5.21. The van der Waals surface area contributed by atoms with Gasteiger partial charge in [0.2, 0.25) is 0 Å². The molecule has 0 aliphatic heterocycles. The molecule has 0 saturated heterocycles. The van der Waals surface area contributed by atoms with E-state index in [-0.39, 0.29) is 0 Å². The molecule has 0 radical (unpaired) electrons. The van der Waals surface area contributed by atoms with Crippen molar-refractivity contribution in [2.45, 2.75) is 0 Å². The van der Waals surface area contributed by atoms with E-state index in [9.17, 15) is 4.57 Å². The second kappa shape index (κ2) is 2.15. The third kappa shape index (κ3) is 4.73. The lowest BCUT2D eigenvalue weighted by Gasteiger charge is -1.89. The van der Waals surface area contributed by atoms with Crippen molar-refractivity contribution in [3.8, 4) is 0 Å². The van der Waals surface area contributed by atoms with Crippen molar-refractivity contribution in [3.05, 3.63) is 0 Å². The molecule has 0 aliphatic carbocycles. The van der Waals surface area contributed by atoms with Gasteiger partial charge in [-0.25, -0.2) is 10.5 Å². The van der Waals surface area contributed by atoms with Crippen molar-refractivity contribution >= 4 is 28.6 Å². The van der Waals surface area contributed by atoms with Crippen LogP contribution in [0.4, 0.5) is 0 Å². The zero-order valence-electron chi connectivity index (χ0n) is 2.60. The van der Waals surface area contributed by atoms with Crippen LogP contribution in [0.2, 0.25) is 0 Å². The number of hydrogen-bond acceptors (Lipinski definition) is 3. The Balaban J connectivity index is 3.48. The van der Waals surface area contributed by atoms with Crippen LogP contribution in [0.1, 0.15) is 0 Å². The van der Waals surface area contributed by atoms with E-state index in [1.54, 1.807) is 0 Å². The summed E-state index contributed by atoms with van der Waals surface area (Å²) in [6, 6.07) is 0. The van der Waals surface area contributed by atoms with Gasteiger partial charge in [-0.05, 0) is 22.5 Å². The van der Waals surface area contributed by atoms with Crippen molar-refractivity contribution in [1.82, 2.24) is 0 Å². The smallest absolute Gasteiger partial charge is 0.255 e. The molecule has 0 aromatic carbocycles. The van der Waals surface area contributed by atoms with E-state index in [4.69, 9.17) is 22.5 Å². The number of halogens is 2. The average Bonchev–Trinajstić information content (AvgIpc) is 1.35. The van der Waals surface area contributed by atoms with Crippen LogP contribution in [0.3, 0.4) is 0 Å². The lowest BCUT2D eigenvalue weighted by atomic mass is 13.6. The molecule has 0 heterocycles. The van der Waals surface area contributed by atoms with E-state index in [0.717, 1.165) is 0 Å². The van der Waals surface area contributed by atoms with E-state index in [1.165, 1.54) is 0 Å². The summed E-state index contributed by atoms with van der Waals surface area (Å²) in [6.07, 6.45) is -3.42. The summed E-state index contributed by atoms with van der Waals surface area (Å²) in [5.41, 5.74) is 0. The molecule has 0 aromatic rings. The molecule has 0 saturated carbocycles. The van der Waals surface area contributed by atoms with Gasteiger partial charge in [-0.1, -0.05) is 0 Å². The molecular weight excluding hydrogens is 148 g/mol. The van der Waals surface area contributed by atoms with Crippen LogP contribution < -0.4 is 5.90 Å². The van der Waals surface area contributed by atoms with Gasteiger partial charge < -0.3 is 0 Å². The first kappa shape index (κ1) is 6.73. The van der Waals surface area contributed by atoms with Gasteiger partial charge in [-0.2, -0.15) is 0 Å². The first-order valence-corrected chi connectivity index (χ1v) is 4.37. The Hall–Kier alpha value is 0.730. The first-order chi connectivity index (χ1) is 2.56. The Morgan fingerprint density at radius 1 is 1.67 bits per heavy atom. The minimum Gasteiger partial charge on any atom is -0.255 e. The Morgan fingerprint density at radius 3 is 1.83 bits per heavy atom. The lowest BCUT2D eigenvalue weighted by molar-refractivity contribution is 0.351. The molecule has 0 fully saturated rings. The number of hydrogen-bond donors (Lipinski definition) is 1. The van der Waals surface area contributed by atoms with E-state index in [2.05, 4.69) is 10.5 Å². The summed E-state index contributed by atoms with van der Waals surface area (Å²) >= 11 is 9.38. The van der Waals surface area contributed by atoms with Crippen LogP contribution in [0, 0.1) is 0 Å². The summed E-state index contributed by atoms with van der Waals surface area (Å²) in [5, 5.41) is 0. The van der Waals surface area contributed by atoms with Gasteiger partial charge >= 0.3 is 6.07 Å². The van der Waals surface area contributed by atoms with Crippen LogP contribution in [-0.4, -0.2) is 0 Å². The molecule has 0 bridgehead atoms. The van der Waals surface area contributed by atoms with Gasteiger partial charge in [0.25, 0.3) is 0 Å². The Morgan fingerprint density at radius 2 is 1.83 bits per heavy atom. The van der Waals surface area contributed by atoms with Crippen molar-refractivity contribution in [1.29, 1.82) is 0 Å². The lowest BCUT2D eigenvalue weighted by Crippen LogP contribution is -1.86. The Kier molecular flexibility index (Phi) is 2.41. The van der Waals surface area contributed by atoms with E-state index >= 15 is 0 Å². The standard InChI is InChI=1S/Cl2H2NO2P/c1-6(2,4)5-3/h3H2. The predicted molar refractivity (Wildman–Crippen MR) is 24.6 cm³/mol. The topological polar surface area (TPSA) is 52.3 Å². The van der Waals surface area contributed by atoms with E-state index in [1.807, 2.05) is 0 Å². The molecule has 0 spiro atoms. The van der Waals surface area contributed by atoms with Gasteiger partial charge in [0.15, 0.2) is 0 Å². The quantitative estimate of drug-likeness (QED) is 0.454. The van der Waals surface area contributed by atoms with Crippen molar-refractivity contribution in [2.75, 3.05) is 0 Å². The van der Waals surface area contributed by atoms with E-state index in [0.29, 0.717) is 0 Å². The monoisotopic (exact) mass is 149 g/mol. The van der Waals surface area contributed by atoms with Crippen molar-refractivity contribution < 1.29 is 9.19 Å². The summed E-state index contributed by atoms with van der Waals surface area (Å²) in [4.78, 5) is 0. The molecule has 0 aromatic heterocycles. The first-order valence-electron chi connectivity index (χ1n) is 0.939. The second-order valence-corrected chi connectivity index (χ2v) is 4.75. The van der Waals surface area contributed by atoms with Crippen LogP contribution in [0.15, 0.2) is 0 Å². The summed E-state index contributed by atoms with van der Waals surface area (Å²) in [5.74, 6) is 4.28. The van der Waals surface area contributed by atoms with Gasteiger partial charge in [0, 0.05) is 0 Å². The molecule has 0 atom stereocenters. The normalized spacial score (nSPS) is 11.8. The van der Waals surface area contributed by atoms with E-state index < -0.39 is 6.07 Å². The SMILES string of the molecule is NOP(=O)(Cl)Cl.